The van der Waals surface area contributed by atoms with Gasteiger partial charge in [-0.2, -0.15) is 31.4 Å². The number of aryl methyl sites for hydroxylation is 2. The molecule has 6 nitrogen and oxygen atoms in total. The molecule has 230 valence electrons. The van der Waals surface area contributed by atoms with E-state index in [1.165, 1.54) is 14.1 Å². The summed E-state index contributed by atoms with van der Waals surface area (Å²) in [4.78, 5) is 8.75. The number of hydrogen-bond acceptors (Lipinski definition) is 3. The largest absolute Gasteiger partial charge is 3.00 e. The van der Waals surface area contributed by atoms with Crippen LogP contribution in [0.4, 0.5) is 26.3 Å². The van der Waals surface area contributed by atoms with Crippen molar-refractivity contribution in [2.75, 3.05) is 0 Å². The van der Waals surface area contributed by atoms with E-state index in [0.717, 1.165) is 32.6 Å². The summed E-state index contributed by atoms with van der Waals surface area (Å²) < 4.78 is 78.7. The molecule has 0 amide bonds. The monoisotopic (exact) mass is 797 g/mol. The van der Waals surface area contributed by atoms with Crippen LogP contribution in [0.15, 0.2) is 97.1 Å². The molecule has 4 aromatic heterocycles. The van der Waals surface area contributed by atoms with Crippen LogP contribution >= 0.6 is 0 Å². The second-order valence-electron chi connectivity index (χ2n) is 9.44. The first-order valence-corrected chi connectivity index (χ1v) is 13.0. The zero-order valence-corrected chi connectivity index (χ0v) is 25.9. The quantitative estimate of drug-likeness (QED) is 0.110. The van der Waals surface area contributed by atoms with Crippen LogP contribution in [-0.4, -0.2) is 19.7 Å². The summed E-state index contributed by atoms with van der Waals surface area (Å²) in [5, 5.41) is 7.81. The summed E-state index contributed by atoms with van der Waals surface area (Å²) >= 11 is 0. The second kappa shape index (κ2) is 13.6. The maximum absolute atomic E-state index is 12.8. The second-order valence-corrected chi connectivity index (χ2v) is 9.44. The van der Waals surface area contributed by atoms with Gasteiger partial charge in [-0.25, -0.2) is 0 Å². The number of pyridine rings is 2. The Labute approximate surface area is 267 Å². The average Bonchev–Trinajstić information content (AvgIpc) is 3.62. The first-order chi connectivity index (χ1) is 20.9. The molecule has 0 bridgehead atoms. The zero-order chi connectivity index (χ0) is 31.5. The fourth-order valence-electron chi connectivity index (χ4n) is 4.28. The number of hydrogen-bond donors (Lipinski definition) is 0. The zero-order valence-electron chi connectivity index (χ0n) is 23.5. The maximum Gasteiger partial charge on any atom is 3.00 e. The third-order valence-corrected chi connectivity index (χ3v) is 6.33. The molecule has 0 saturated carbocycles. The molecule has 0 radical (unpaired) electrons. The van der Waals surface area contributed by atoms with Crippen LogP contribution in [0.2, 0.25) is 0 Å². The van der Waals surface area contributed by atoms with Crippen LogP contribution in [0.1, 0.15) is 11.4 Å². The van der Waals surface area contributed by atoms with Crippen LogP contribution in [0.25, 0.3) is 45.3 Å². The summed E-state index contributed by atoms with van der Waals surface area (Å²) in [6, 6.07) is 32.9. The third-order valence-electron chi connectivity index (χ3n) is 6.33. The van der Waals surface area contributed by atoms with Crippen molar-refractivity contribution in [1.82, 2.24) is 24.8 Å². The van der Waals surface area contributed by atoms with Gasteiger partial charge in [-0.1, -0.05) is 30.0 Å². The molecule has 0 aliphatic carbocycles. The summed E-state index contributed by atoms with van der Waals surface area (Å²) in [6.45, 7) is 0. The van der Waals surface area contributed by atoms with Gasteiger partial charge in [0.25, 0.3) is 5.69 Å². The molecule has 0 spiro atoms. The van der Waals surface area contributed by atoms with Gasteiger partial charge in [-0.15, -0.1) is 71.8 Å². The smallest absolute Gasteiger partial charge is 0.408 e. The van der Waals surface area contributed by atoms with Crippen LogP contribution in [0, 0.1) is 12.1 Å². The summed E-state index contributed by atoms with van der Waals surface area (Å²) in [7, 11) is 2.53. The first kappa shape index (κ1) is 33.3. The molecule has 0 aliphatic heterocycles. The van der Waals surface area contributed by atoms with Gasteiger partial charge in [0.1, 0.15) is 18.4 Å². The molecule has 6 rings (SSSR count). The van der Waals surface area contributed by atoms with Gasteiger partial charge in [0.15, 0.2) is 0 Å². The minimum absolute atomic E-state index is 0. The van der Waals surface area contributed by atoms with Gasteiger partial charge in [-0.3, -0.25) is 19.3 Å². The van der Waals surface area contributed by atoms with E-state index in [0.29, 0.717) is 22.8 Å². The fraction of sp³-hybridized carbons (Fsp3) is 0.125. The van der Waals surface area contributed by atoms with E-state index in [1.54, 1.807) is 48.5 Å². The molecule has 0 saturated heterocycles. The Morgan fingerprint density at radius 3 is 1.67 bits per heavy atom. The van der Waals surface area contributed by atoms with Crippen LogP contribution in [-0.2, 0) is 46.6 Å². The van der Waals surface area contributed by atoms with Crippen molar-refractivity contribution in [1.29, 1.82) is 0 Å². The molecular weight excluding hydrogens is 775 g/mol. The topological polar surface area (TPSA) is 61.6 Å². The van der Waals surface area contributed by atoms with E-state index < -0.39 is 23.7 Å². The van der Waals surface area contributed by atoms with E-state index in [1.807, 2.05) is 36.4 Å². The van der Waals surface area contributed by atoms with Crippen molar-refractivity contribution in [3.63, 3.8) is 0 Å². The molecule has 0 N–H and O–H groups in total. The Balaban J connectivity index is 0.000000200. The van der Waals surface area contributed by atoms with E-state index >= 15 is 0 Å². The molecule has 0 aliphatic rings. The Morgan fingerprint density at radius 1 is 0.667 bits per heavy atom. The Bertz CT molecular complexity index is 1730. The number of aromatic nitrogens is 6. The number of halogens is 6. The molecule has 13 heteroatoms. The molecule has 0 atom stereocenters. The summed E-state index contributed by atoms with van der Waals surface area (Å²) in [6.07, 6.45) is -8.88. The van der Waals surface area contributed by atoms with Gasteiger partial charge < -0.3 is 5.10 Å². The minimum Gasteiger partial charge on any atom is -0.408 e. The van der Waals surface area contributed by atoms with Crippen LogP contribution < -0.4 is 9.78 Å². The van der Waals surface area contributed by atoms with E-state index in [9.17, 15) is 26.3 Å². The van der Waals surface area contributed by atoms with E-state index in [4.69, 9.17) is 0 Å². The number of alkyl halides is 6. The molecule has 0 fully saturated rings. The average molecular weight is 797 g/mol. The molecule has 6 aromatic rings. The van der Waals surface area contributed by atoms with Crippen molar-refractivity contribution in [2.45, 2.75) is 12.4 Å². The Hall–Kier alpha value is -4.61. The maximum atomic E-state index is 12.8. The van der Waals surface area contributed by atoms with Gasteiger partial charge in [0, 0.05) is 18.8 Å². The normalized spacial score (nSPS) is 11.4. The molecule has 0 unspecified atom stereocenters. The van der Waals surface area contributed by atoms with Gasteiger partial charge in [0.2, 0.25) is 0 Å². The van der Waals surface area contributed by atoms with Crippen molar-refractivity contribution in [3.8, 4) is 45.3 Å². The molecule has 45 heavy (non-hydrogen) atoms. The van der Waals surface area contributed by atoms with Gasteiger partial charge >= 0.3 is 32.5 Å². The Morgan fingerprint density at radius 2 is 1.20 bits per heavy atom. The first-order valence-electron chi connectivity index (χ1n) is 13.0. The molecular formula is C32H22F6IrN6+. The van der Waals surface area contributed by atoms with Crippen molar-refractivity contribution in [3.05, 3.63) is 121 Å². The van der Waals surface area contributed by atoms with Gasteiger partial charge in [0.05, 0.1) is 5.69 Å². The van der Waals surface area contributed by atoms with Crippen molar-refractivity contribution >= 4 is 0 Å². The van der Waals surface area contributed by atoms with Gasteiger partial charge in [-0.05, 0) is 29.6 Å². The summed E-state index contributed by atoms with van der Waals surface area (Å²) in [5.74, 6) is 0. The van der Waals surface area contributed by atoms with Crippen molar-refractivity contribution < 1.29 is 51.1 Å². The Kier molecular flexibility index (Phi) is 10.0. The van der Waals surface area contributed by atoms with Crippen LogP contribution in [0.3, 0.4) is 0 Å². The summed E-state index contributed by atoms with van der Waals surface area (Å²) in [5.41, 5.74) is 2.37. The minimum atomic E-state index is -4.44. The number of rotatable bonds is 4. The van der Waals surface area contributed by atoms with Crippen LogP contribution in [0.5, 0.6) is 0 Å². The molecule has 2 aromatic carbocycles. The van der Waals surface area contributed by atoms with E-state index in [2.05, 4.69) is 32.3 Å². The predicted octanol–water partition coefficient (Wildman–Crippen LogP) is 6.98. The number of benzene rings is 2. The molecule has 4 heterocycles. The van der Waals surface area contributed by atoms with E-state index in [-0.39, 0.29) is 31.5 Å². The third kappa shape index (κ3) is 7.92. The number of nitrogens with zero attached hydrogens (tertiary/aromatic N) is 6. The standard InChI is InChI=1S/2C16H11F3N3.Ir/c2*1-22-15(16(17,18)19)10-14(21-22)13-9-5-8-12(20-13)11-6-3-2-4-7-11;/h2*2-6,8-10H,1H3;/q2*-1;+3. The SMILES string of the molecule is C[n+]1[n-]c(-c2cccc(-c3[c-]cccc3)n2)cc1C(F)(F)F.Cn1nc(-c2cccc(-c3[c-]cccc3)n2)cc1C(F)(F)F.[Ir+3]. The fourth-order valence-corrected chi connectivity index (χ4v) is 4.28. The predicted molar refractivity (Wildman–Crippen MR) is 149 cm³/mol. The van der Waals surface area contributed by atoms with Crippen molar-refractivity contribution in [2.24, 2.45) is 14.1 Å².